The van der Waals surface area contributed by atoms with Gasteiger partial charge >= 0.3 is 5.97 Å². The molecule has 1 saturated heterocycles. The van der Waals surface area contributed by atoms with E-state index >= 15 is 0 Å². The van der Waals surface area contributed by atoms with Gasteiger partial charge in [-0.2, -0.15) is 0 Å². The smallest absolute Gasteiger partial charge is 0.367 e. The van der Waals surface area contributed by atoms with Gasteiger partial charge < -0.3 is 10.1 Å². The first-order valence-corrected chi connectivity index (χ1v) is 7.22. The Morgan fingerprint density at radius 3 is 3.28 bits per heavy atom. The maximum atomic E-state index is 11.5. The fourth-order valence-corrected chi connectivity index (χ4v) is 2.66. The first-order chi connectivity index (χ1) is 8.79. The molecule has 18 heavy (non-hydrogen) atoms. The molecule has 2 rings (SSSR count). The Morgan fingerprint density at radius 1 is 1.56 bits per heavy atom. The number of rotatable bonds is 4. The highest BCUT2D eigenvalue weighted by Crippen LogP contribution is 2.13. The van der Waals surface area contributed by atoms with E-state index in [2.05, 4.69) is 15.2 Å². The Hall–Kier alpha value is -0.980. The lowest BCUT2D eigenvalue weighted by Gasteiger charge is -2.17. The molecule has 0 saturated carbocycles. The molecule has 1 fully saturated rings. The standard InChI is InChI=1S/C12H19N3O2S/c1-2-17-12(16)11-14-10(9-18-11)8-15-6-3-4-13-5-7-15/h9,13H,2-8H2,1H3. The molecule has 0 spiro atoms. The molecule has 2 heterocycles. The minimum atomic E-state index is -0.314. The van der Waals surface area contributed by atoms with Crippen LogP contribution in [0.4, 0.5) is 0 Å². The normalized spacial score (nSPS) is 17.4. The SMILES string of the molecule is CCOC(=O)c1nc(CN2CCCNCC2)cs1. The first kappa shape index (κ1) is 13.5. The predicted octanol–water partition coefficient (Wildman–Crippen LogP) is 1.12. The number of aromatic nitrogens is 1. The van der Waals surface area contributed by atoms with E-state index in [1.807, 2.05) is 5.38 Å². The van der Waals surface area contributed by atoms with E-state index < -0.39 is 0 Å². The number of hydrogen-bond acceptors (Lipinski definition) is 6. The van der Waals surface area contributed by atoms with Gasteiger partial charge in [-0.15, -0.1) is 11.3 Å². The summed E-state index contributed by atoms with van der Waals surface area (Å²) in [4.78, 5) is 18.2. The van der Waals surface area contributed by atoms with Gasteiger partial charge in [0.2, 0.25) is 5.01 Å². The number of hydrogen-bond donors (Lipinski definition) is 1. The fourth-order valence-electron chi connectivity index (χ4n) is 1.96. The van der Waals surface area contributed by atoms with Crippen molar-refractivity contribution < 1.29 is 9.53 Å². The topological polar surface area (TPSA) is 54.5 Å². The van der Waals surface area contributed by atoms with Gasteiger partial charge in [0.25, 0.3) is 0 Å². The summed E-state index contributed by atoms with van der Waals surface area (Å²) in [6, 6.07) is 0. The summed E-state index contributed by atoms with van der Waals surface area (Å²) in [5.41, 5.74) is 0.963. The quantitative estimate of drug-likeness (QED) is 0.830. The monoisotopic (exact) mass is 269 g/mol. The Labute approximate surface area is 111 Å². The van der Waals surface area contributed by atoms with Crippen molar-refractivity contribution >= 4 is 17.3 Å². The zero-order valence-corrected chi connectivity index (χ0v) is 11.5. The predicted molar refractivity (Wildman–Crippen MR) is 70.8 cm³/mol. The van der Waals surface area contributed by atoms with Crippen LogP contribution in [0.25, 0.3) is 0 Å². The van der Waals surface area contributed by atoms with E-state index in [4.69, 9.17) is 4.74 Å². The zero-order chi connectivity index (χ0) is 12.8. The lowest BCUT2D eigenvalue weighted by Crippen LogP contribution is -2.27. The van der Waals surface area contributed by atoms with Crippen LogP contribution in [-0.2, 0) is 11.3 Å². The Morgan fingerprint density at radius 2 is 2.44 bits per heavy atom. The van der Waals surface area contributed by atoms with Gasteiger partial charge in [-0.05, 0) is 26.4 Å². The summed E-state index contributed by atoms with van der Waals surface area (Å²) in [5, 5.41) is 5.78. The average Bonchev–Trinajstić information content (AvgIpc) is 2.67. The number of carbonyl (C=O) groups is 1. The summed E-state index contributed by atoms with van der Waals surface area (Å²) >= 11 is 1.36. The summed E-state index contributed by atoms with van der Waals surface area (Å²) in [6.07, 6.45) is 1.16. The molecule has 6 heteroatoms. The van der Waals surface area contributed by atoms with E-state index in [0.717, 1.165) is 44.8 Å². The zero-order valence-electron chi connectivity index (χ0n) is 10.6. The second-order valence-corrected chi connectivity index (χ2v) is 5.10. The Kier molecular flexibility index (Phi) is 5.10. The molecule has 0 radical (unpaired) electrons. The van der Waals surface area contributed by atoms with Crippen molar-refractivity contribution in [3.8, 4) is 0 Å². The van der Waals surface area contributed by atoms with Gasteiger partial charge in [-0.3, -0.25) is 4.90 Å². The van der Waals surface area contributed by atoms with E-state index in [1.54, 1.807) is 6.92 Å². The molecule has 0 aliphatic carbocycles. The molecule has 1 aromatic rings. The molecule has 100 valence electrons. The molecule has 0 bridgehead atoms. The lowest BCUT2D eigenvalue weighted by molar-refractivity contribution is 0.0525. The molecule has 1 aromatic heterocycles. The maximum absolute atomic E-state index is 11.5. The van der Waals surface area contributed by atoms with Crippen molar-refractivity contribution in [3.63, 3.8) is 0 Å². The Bertz CT molecular complexity index is 386. The molecule has 1 N–H and O–H groups in total. The van der Waals surface area contributed by atoms with Gasteiger partial charge in [-0.1, -0.05) is 0 Å². The van der Waals surface area contributed by atoms with E-state index in [-0.39, 0.29) is 5.97 Å². The fraction of sp³-hybridized carbons (Fsp3) is 0.667. The third kappa shape index (κ3) is 3.76. The number of thiazole rings is 1. The van der Waals surface area contributed by atoms with E-state index in [0.29, 0.717) is 11.6 Å². The van der Waals surface area contributed by atoms with Crippen LogP contribution in [0, 0.1) is 0 Å². The van der Waals surface area contributed by atoms with Crippen LogP contribution in [0.2, 0.25) is 0 Å². The van der Waals surface area contributed by atoms with Gasteiger partial charge in [0.15, 0.2) is 0 Å². The highest BCUT2D eigenvalue weighted by molar-refractivity contribution is 7.11. The average molecular weight is 269 g/mol. The van der Waals surface area contributed by atoms with E-state index in [9.17, 15) is 4.79 Å². The summed E-state index contributed by atoms with van der Waals surface area (Å²) in [5.74, 6) is -0.314. The third-order valence-electron chi connectivity index (χ3n) is 2.82. The van der Waals surface area contributed by atoms with Crippen LogP contribution in [-0.4, -0.2) is 48.6 Å². The molecule has 1 aliphatic rings. The van der Waals surface area contributed by atoms with Crippen LogP contribution in [0.15, 0.2) is 5.38 Å². The van der Waals surface area contributed by atoms with Crippen molar-refractivity contribution in [2.24, 2.45) is 0 Å². The van der Waals surface area contributed by atoms with E-state index in [1.165, 1.54) is 11.3 Å². The largest absolute Gasteiger partial charge is 0.461 e. The van der Waals surface area contributed by atoms with Crippen molar-refractivity contribution in [2.45, 2.75) is 19.9 Å². The number of ether oxygens (including phenoxy) is 1. The van der Waals surface area contributed by atoms with Crippen molar-refractivity contribution in [3.05, 3.63) is 16.1 Å². The van der Waals surface area contributed by atoms with Gasteiger partial charge in [0, 0.05) is 25.0 Å². The van der Waals surface area contributed by atoms with Crippen molar-refractivity contribution in [2.75, 3.05) is 32.8 Å². The minimum absolute atomic E-state index is 0.314. The lowest BCUT2D eigenvalue weighted by atomic mass is 10.3. The van der Waals surface area contributed by atoms with Crippen molar-refractivity contribution in [1.29, 1.82) is 0 Å². The molecule has 0 unspecified atom stereocenters. The van der Waals surface area contributed by atoms with Crippen LogP contribution < -0.4 is 5.32 Å². The number of carbonyl (C=O) groups excluding carboxylic acids is 1. The third-order valence-corrected chi connectivity index (χ3v) is 3.69. The summed E-state index contributed by atoms with van der Waals surface area (Å²) in [6.45, 7) is 7.24. The van der Waals surface area contributed by atoms with Gasteiger partial charge in [0.1, 0.15) is 0 Å². The Balaban J connectivity index is 1.91. The second kappa shape index (κ2) is 6.82. The van der Waals surface area contributed by atoms with Crippen LogP contribution in [0.1, 0.15) is 28.8 Å². The molecule has 5 nitrogen and oxygen atoms in total. The molecule has 0 amide bonds. The van der Waals surface area contributed by atoms with Gasteiger partial charge in [-0.25, -0.2) is 9.78 Å². The van der Waals surface area contributed by atoms with Crippen molar-refractivity contribution in [1.82, 2.24) is 15.2 Å². The first-order valence-electron chi connectivity index (χ1n) is 6.34. The van der Waals surface area contributed by atoms with Gasteiger partial charge in [0.05, 0.1) is 12.3 Å². The number of esters is 1. The minimum Gasteiger partial charge on any atom is -0.461 e. The second-order valence-electron chi connectivity index (χ2n) is 4.24. The summed E-state index contributed by atoms with van der Waals surface area (Å²) < 4.78 is 4.94. The number of nitrogens with zero attached hydrogens (tertiary/aromatic N) is 2. The molecular formula is C12H19N3O2S. The molecule has 1 aliphatic heterocycles. The molecule has 0 atom stereocenters. The summed E-state index contributed by atoms with van der Waals surface area (Å²) in [7, 11) is 0. The van der Waals surface area contributed by atoms with Crippen LogP contribution in [0.3, 0.4) is 0 Å². The molecular weight excluding hydrogens is 250 g/mol. The van der Waals surface area contributed by atoms with Crippen LogP contribution >= 0.6 is 11.3 Å². The highest BCUT2D eigenvalue weighted by atomic mass is 32.1. The number of nitrogens with one attached hydrogen (secondary N) is 1. The highest BCUT2D eigenvalue weighted by Gasteiger charge is 2.14. The molecule has 0 aromatic carbocycles. The van der Waals surface area contributed by atoms with Crippen LogP contribution in [0.5, 0.6) is 0 Å². The maximum Gasteiger partial charge on any atom is 0.367 e.